The number of rotatable bonds is 6. The van der Waals surface area contributed by atoms with Crippen LogP contribution in [0.15, 0.2) is 11.0 Å². The van der Waals surface area contributed by atoms with Gasteiger partial charge in [0, 0.05) is 0 Å². The topological polar surface area (TPSA) is 46.2 Å². The monoisotopic (exact) mass is 219 g/mol. The van der Waals surface area contributed by atoms with E-state index in [4.69, 9.17) is 0 Å². The zero-order valence-electron chi connectivity index (χ0n) is 7.45. The normalized spacial score (nSPS) is 11.1. The highest BCUT2D eigenvalue weighted by Gasteiger charge is 2.06. The molecule has 0 aliphatic heterocycles. The van der Waals surface area contributed by atoms with Crippen molar-refractivity contribution in [2.24, 2.45) is 0 Å². The number of nitrogens with one attached hydrogen (secondary N) is 1. The third-order valence-electron chi connectivity index (χ3n) is 1.24. The van der Waals surface area contributed by atoms with Crippen LogP contribution in [0.4, 0.5) is 0 Å². The molecule has 0 rings (SSSR count). The van der Waals surface area contributed by atoms with Gasteiger partial charge < -0.3 is 0 Å². The predicted octanol–water partition coefficient (Wildman–Crippen LogP) is 1.22. The van der Waals surface area contributed by atoms with Crippen molar-refractivity contribution in [2.75, 3.05) is 11.5 Å². The van der Waals surface area contributed by atoms with E-state index in [1.807, 2.05) is 0 Å². The van der Waals surface area contributed by atoms with E-state index in [2.05, 4.69) is 17.9 Å². The van der Waals surface area contributed by atoms with Crippen molar-refractivity contribution < 1.29 is 9.59 Å². The number of thioether (sulfide) groups is 1. The minimum Gasteiger partial charge on any atom is -0.295 e. The molecule has 1 N–H and O–H groups in total. The highest BCUT2D eigenvalue weighted by Crippen LogP contribution is 2.16. The third-order valence-corrected chi connectivity index (χ3v) is 2.78. The Labute approximate surface area is 87.8 Å². The Hall–Kier alpha value is -0.420. The second kappa shape index (κ2) is 8.19. The van der Waals surface area contributed by atoms with Gasteiger partial charge >= 0.3 is 0 Å². The van der Waals surface area contributed by atoms with Crippen LogP contribution in [-0.2, 0) is 9.59 Å². The van der Waals surface area contributed by atoms with E-state index >= 15 is 0 Å². The first-order valence-corrected chi connectivity index (χ1v) is 5.52. The molecule has 5 heteroatoms. The zero-order chi connectivity index (χ0) is 10.1. The lowest BCUT2D eigenvalue weighted by Gasteiger charge is -2.02. The maximum atomic E-state index is 11.1. The fourth-order valence-electron chi connectivity index (χ4n) is 0.651. The number of carbonyl (C=O) groups is 2. The summed E-state index contributed by atoms with van der Waals surface area (Å²) >= 11 is 5.49. The van der Waals surface area contributed by atoms with Crippen LogP contribution in [0.25, 0.3) is 0 Å². The van der Waals surface area contributed by atoms with Gasteiger partial charge in [0.25, 0.3) is 5.91 Å². The fourth-order valence-corrected chi connectivity index (χ4v) is 1.89. The lowest BCUT2D eigenvalue weighted by atomic mass is 10.5. The molecule has 0 heterocycles. The molecule has 0 fully saturated rings. The van der Waals surface area contributed by atoms with Crippen molar-refractivity contribution in [3.63, 3.8) is 0 Å². The minimum absolute atomic E-state index is 0.332. The molecule has 3 nitrogen and oxygen atoms in total. The first-order valence-electron chi connectivity index (χ1n) is 3.90. The molecule has 74 valence electrons. The molecule has 0 aliphatic carbocycles. The molecule has 0 saturated carbocycles. The van der Waals surface area contributed by atoms with Gasteiger partial charge in [0.15, 0.2) is 0 Å². The van der Waals surface area contributed by atoms with Crippen LogP contribution in [0.3, 0.4) is 0 Å². The summed E-state index contributed by atoms with van der Waals surface area (Å²) in [6.07, 6.45) is 3.03. The van der Waals surface area contributed by atoms with Crippen molar-refractivity contribution in [2.45, 2.75) is 13.3 Å². The summed E-state index contributed by atoms with van der Waals surface area (Å²) < 4.78 is 0. The molecule has 0 aromatic rings. The lowest BCUT2D eigenvalue weighted by Crippen LogP contribution is -2.22. The van der Waals surface area contributed by atoms with Gasteiger partial charge in [-0.2, -0.15) is 12.6 Å². The molecule has 0 aromatic heterocycles. The van der Waals surface area contributed by atoms with Crippen LogP contribution < -0.4 is 5.32 Å². The Kier molecular flexibility index (Phi) is 7.93. The minimum atomic E-state index is -0.332. The van der Waals surface area contributed by atoms with E-state index in [9.17, 15) is 9.59 Å². The number of imide groups is 1. The molecule has 13 heavy (non-hydrogen) atoms. The summed E-state index contributed by atoms with van der Waals surface area (Å²) in [5, 5.41) is 2.10. The summed E-state index contributed by atoms with van der Waals surface area (Å²) in [5.74, 6) is 1.32. The molecule has 0 unspecified atom stereocenters. The maximum absolute atomic E-state index is 11.1. The Morgan fingerprint density at radius 2 is 2.31 bits per heavy atom. The van der Waals surface area contributed by atoms with Crippen LogP contribution >= 0.6 is 24.4 Å². The summed E-state index contributed by atoms with van der Waals surface area (Å²) in [5.41, 5.74) is 0. The number of amides is 2. The number of thiol groups is 1. The standard InChI is InChI=1S/C8H13NO2S2/c1-2-7(8(11)9-6-10)13-5-3-4-12/h2,6,12H,3-5H2,1H3,(H,9,10,11). The number of allylic oxidation sites excluding steroid dienone is 1. The molecule has 0 bridgehead atoms. The van der Waals surface area contributed by atoms with Gasteiger partial charge in [-0.1, -0.05) is 6.08 Å². The van der Waals surface area contributed by atoms with E-state index in [-0.39, 0.29) is 5.91 Å². The Bertz CT molecular complexity index is 204. The smallest absolute Gasteiger partial charge is 0.263 e. The van der Waals surface area contributed by atoms with Crippen LogP contribution in [0, 0.1) is 0 Å². The first kappa shape index (κ1) is 12.6. The average molecular weight is 219 g/mol. The highest BCUT2D eigenvalue weighted by atomic mass is 32.2. The maximum Gasteiger partial charge on any atom is 0.263 e. The molecule has 0 radical (unpaired) electrons. The first-order chi connectivity index (χ1) is 6.26. The molecule has 0 saturated heterocycles. The SMILES string of the molecule is CC=C(SCCCS)C(=O)NC=O. The molecular formula is C8H13NO2S2. The molecule has 0 atom stereocenters. The zero-order valence-corrected chi connectivity index (χ0v) is 9.16. The van der Waals surface area contributed by atoms with Crippen molar-refractivity contribution in [1.82, 2.24) is 5.32 Å². The second-order valence-electron chi connectivity index (χ2n) is 2.17. The van der Waals surface area contributed by atoms with Gasteiger partial charge in [0.1, 0.15) is 0 Å². The van der Waals surface area contributed by atoms with Gasteiger partial charge in [-0.05, 0) is 24.9 Å². The van der Waals surface area contributed by atoms with E-state index in [0.717, 1.165) is 17.9 Å². The van der Waals surface area contributed by atoms with Crippen molar-refractivity contribution in [3.8, 4) is 0 Å². The lowest BCUT2D eigenvalue weighted by molar-refractivity contribution is -0.121. The molecular weight excluding hydrogens is 206 g/mol. The summed E-state index contributed by atoms with van der Waals surface area (Å²) in [6, 6.07) is 0. The van der Waals surface area contributed by atoms with Crippen LogP contribution in [0.5, 0.6) is 0 Å². The Morgan fingerprint density at radius 1 is 1.62 bits per heavy atom. The van der Waals surface area contributed by atoms with Gasteiger partial charge in [-0.25, -0.2) is 0 Å². The van der Waals surface area contributed by atoms with Crippen molar-refractivity contribution >= 4 is 36.7 Å². The van der Waals surface area contributed by atoms with Gasteiger partial charge in [-0.3, -0.25) is 14.9 Å². The fraction of sp³-hybridized carbons (Fsp3) is 0.500. The average Bonchev–Trinajstić information content (AvgIpc) is 2.13. The number of hydrogen-bond acceptors (Lipinski definition) is 4. The summed E-state index contributed by atoms with van der Waals surface area (Å²) in [7, 11) is 0. The van der Waals surface area contributed by atoms with Gasteiger partial charge in [0.05, 0.1) is 4.91 Å². The Balaban J connectivity index is 3.89. The quantitative estimate of drug-likeness (QED) is 0.305. The van der Waals surface area contributed by atoms with E-state index in [1.165, 1.54) is 11.8 Å². The van der Waals surface area contributed by atoms with E-state index < -0.39 is 0 Å². The van der Waals surface area contributed by atoms with Gasteiger partial charge in [0.2, 0.25) is 6.41 Å². The predicted molar refractivity (Wildman–Crippen MR) is 58.9 cm³/mol. The van der Waals surface area contributed by atoms with E-state index in [0.29, 0.717) is 11.3 Å². The van der Waals surface area contributed by atoms with Crippen LogP contribution in [0.2, 0.25) is 0 Å². The molecule has 0 aromatic carbocycles. The van der Waals surface area contributed by atoms with Crippen molar-refractivity contribution in [3.05, 3.63) is 11.0 Å². The van der Waals surface area contributed by atoms with Crippen LogP contribution in [-0.4, -0.2) is 23.8 Å². The third kappa shape index (κ3) is 5.76. The molecule has 2 amide bonds. The molecule has 0 spiro atoms. The summed E-state index contributed by atoms with van der Waals surface area (Å²) in [4.78, 5) is 21.7. The largest absolute Gasteiger partial charge is 0.295 e. The van der Waals surface area contributed by atoms with E-state index in [1.54, 1.807) is 13.0 Å². The number of hydrogen-bond donors (Lipinski definition) is 2. The number of carbonyl (C=O) groups excluding carboxylic acids is 2. The van der Waals surface area contributed by atoms with Crippen molar-refractivity contribution in [1.29, 1.82) is 0 Å². The highest BCUT2D eigenvalue weighted by molar-refractivity contribution is 8.04. The van der Waals surface area contributed by atoms with Crippen LogP contribution in [0.1, 0.15) is 13.3 Å². The summed E-state index contributed by atoms with van der Waals surface area (Å²) in [6.45, 7) is 1.77. The molecule has 0 aliphatic rings. The Morgan fingerprint density at radius 3 is 2.77 bits per heavy atom. The second-order valence-corrected chi connectivity index (χ2v) is 3.75. The van der Waals surface area contributed by atoms with Gasteiger partial charge in [-0.15, -0.1) is 11.8 Å².